The van der Waals surface area contributed by atoms with Gasteiger partial charge in [-0.2, -0.15) is 15.3 Å². The molecular weight excluding hydrogens is 332 g/mol. The molecule has 0 aliphatic heterocycles. The number of hydrogen-bond acceptors (Lipinski definition) is 6. The van der Waals surface area contributed by atoms with Crippen LogP contribution >= 0.6 is 0 Å². The number of amides is 2. The highest BCUT2D eigenvalue weighted by molar-refractivity contribution is 5.91. The predicted octanol–water partition coefficient (Wildman–Crippen LogP) is 2.56. The molecule has 26 heavy (non-hydrogen) atoms. The summed E-state index contributed by atoms with van der Waals surface area (Å²) < 4.78 is 0. The summed E-state index contributed by atoms with van der Waals surface area (Å²) in [7, 11) is 0. The zero-order valence-corrected chi connectivity index (χ0v) is 15.5. The van der Waals surface area contributed by atoms with Gasteiger partial charge in [-0.1, -0.05) is 27.7 Å². The SMILES string of the molecule is CC(C)CC(=O)Nc1cc(C(C)(C)CC(=O)Nc2ccnnc2)cnn1. The van der Waals surface area contributed by atoms with Crippen molar-refractivity contribution in [3.63, 3.8) is 0 Å². The van der Waals surface area contributed by atoms with E-state index in [4.69, 9.17) is 0 Å². The molecule has 8 nitrogen and oxygen atoms in total. The standard InChI is InChI=1S/C18H24N6O2/c1-12(2)7-16(25)23-15-8-13(10-21-24-15)18(3,4)9-17(26)22-14-5-6-19-20-11-14/h5-6,8,10-12H,7,9H2,1-4H3,(H,19,22,26)(H,23,24,25). The Morgan fingerprint density at radius 3 is 2.50 bits per heavy atom. The number of rotatable bonds is 7. The van der Waals surface area contributed by atoms with Crippen molar-refractivity contribution in [2.24, 2.45) is 5.92 Å². The van der Waals surface area contributed by atoms with E-state index in [1.807, 2.05) is 27.7 Å². The van der Waals surface area contributed by atoms with Crippen LogP contribution in [0.15, 0.2) is 30.7 Å². The maximum Gasteiger partial charge on any atom is 0.225 e. The molecule has 0 spiro atoms. The maximum atomic E-state index is 12.3. The molecule has 0 radical (unpaired) electrons. The molecule has 2 rings (SSSR count). The first-order chi connectivity index (χ1) is 12.3. The molecule has 138 valence electrons. The van der Waals surface area contributed by atoms with Gasteiger partial charge in [-0.05, 0) is 23.6 Å². The molecule has 0 saturated carbocycles. The summed E-state index contributed by atoms with van der Waals surface area (Å²) in [4.78, 5) is 24.2. The monoisotopic (exact) mass is 356 g/mol. The van der Waals surface area contributed by atoms with E-state index in [9.17, 15) is 9.59 Å². The lowest BCUT2D eigenvalue weighted by Crippen LogP contribution is -2.26. The topological polar surface area (TPSA) is 110 Å². The molecule has 2 heterocycles. The molecule has 2 N–H and O–H groups in total. The molecule has 0 saturated heterocycles. The summed E-state index contributed by atoms with van der Waals surface area (Å²) >= 11 is 0. The number of aromatic nitrogens is 4. The van der Waals surface area contributed by atoms with Crippen LogP contribution in [0.1, 0.15) is 46.1 Å². The van der Waals surface area contributed by atoms with Crippen LogP contribution < -0.4 is 10.6 Å². The third-order valence-electron chi connectivity index (χ3n) is 3.77. The second-order valence-corrected chi connectivity index (χ2v) is 7.22. The third-order valence-corrected chi connectivity index (χ3v) is 3.77. The summed E-state index contributed by atoms with van der Waals surface area (Å²) in [6, 6.07) is 3.43. The zero-order chi connectivity index (χ0) is 19.2. The quantitative estimate of drug-likeness (QED) is 0.789. The second kappa shape index (κ2) is 8.46. The van der Waals surface area contributed by atoms with Crippen LogP contribution in [0.2, 0.25) is 0 Å². The molecule has 0 unspecified atom stereocenters. The lowest BCUT2D eigenvalue weighted by atomic mass is 9.82. The van der Waals surface area contributed by atoms with Crippen molar-refractivity contribution in [1.82, 2.24) is 20.4 Å². The minimum atomic E-state index is -0.488. The Labute approximate surface area is 152 Å². The van der Waals surface area contributed by atoms with Crippen molar-refractivity contribution in [3.8, 4) is 0 Å². The summed E-state index contributed by atoms with van der Waals surface area (Å²) in [5.74, 6) is 0.395. The number of carbonyl (C=O) groups is 2. The lowest BCUT2D eigenvalue weighted by molar-refractivity contribution is -0.118. The van der Waals surface area contributed by atoms with E-state index >= 15 is 0 Å². The molecule has 2 amide bonds. The molecule has 0 bridgehead atoms. The van der Waals surface area contributed by atoms with Crippen LogP contribution in [0, 0.1) is 5.92 Å². The van der Waals surface area contributed by atoms with Gasteiger partial charge in [0.1, 0.15) is 0 Å². The molecule has 0 fully saturated rings. The van der Waals surface area contributed by atoms with Crippen molar-refractivity contribution in [3.05, 3.63) is 36.3 Å². The molecular formula is C18H24N6O2. The van der Waals surface area contributed by atoms with Gasteiger partial charge in [-0.3, -0.25) is 9.59 Å². The first-order valence-corrected chi connectivity index (χ1v) is 8.46. The van der Waals surface area contributed by atoms with Crippen molar-refractivity contribution in [1.29, 1.82) is 0 Å². The van der Waals surface area contributed by atoms with Crippen LogP contribution in [0.4, 0.5) is 11.5 Å². The molecule has 0 atom stereocenters. The van der Waals surface area contributed by atoms with Crippen LogP contribution in [0.25, 0.3) is 0 Å². The van der Waals surface area contributed by atoms with Crippen molar-refractivity contribution in [2.45, 2.75) is 46.0 Å². The number of nitrogens with one attached hydrogen (secondary N) is 2. The average molecular weight is 356 g/mol. The Bertz CT molecular complexity index is 761. The Morgan fingerprint density at radius 2 is 1.85 bits per heavy atom. The second-order valence-electron chi connectivity index (χ2n) is 7.22. The zero-order valence-electron chi connectivity index (χ0n) is 15.5. The van der Waals surface area contributed by atoms with Gasteiger partial charge in [0.05, 0.1) is 24.3 Å². The van der Waals surface area contributed by atoms with Gasteiger partial charge in [-0.25, -0.2) is 0 Å². The van der Waals surface area contributed by atoms with Crippen molar-refractivity contribution < 1.29 is 9.59 Å². The van der Waals surface area contributed by atoms with E-state index in [-0.39, 0.29) is 24.2 Å². The van der Waals surface area contributed by atoms with Crippen LogP contribution in [-0.2, 0) is 15.0 Å². The first kappa shape index (κ1) is 19.4. The largest absolute Gasteiger partial charge is 0.325 e. The van der Waals surface area contributed by atoms with Gasteiger partial charge in [0.15, 0.2) is 5.82 Å². The minimum Gasteiger partial charge on any atom is -0.325 e. The van der Waals surface area contributed by atoms with Crippen LogP contribution in [0.3, 0.4) is 0 Å². The summed E-state index contributed by atoms with van der Waals surface area (Å²) in [6.45, 7) is 7.83. The maximum absolute atomic E-state index is 12.3. The highest BCUT2D eigenvalue weighted by atomic mass is 16.2. The Hall–Kier alpha value is -2.90. The Kier molecular flexibility index (Phi) is 6.32. The van der Waals surface area contributed by atoms with Gasteiger partial charge in [0.2, 0.25) is 11.8 Å². The molecule has 2 aromatic rings. The molecule has 0 aromatic carbocycles. The van der Waals surface area contributed by atoms with E-state index in [1.165, 1.54) is 12.4 Å². The van der Waals surface area contributed by atoms with Gasteiger partial charge < -0.3 is 10.6 Å². The highest BCUT2D eigenvalue weighted by Crippen LogP contribution is 2.28. The van der Waals surface area contributed by atoms with E-state index in [1.54, 1.807) is 18.3 Å². The first-order valence-electron chi connectivity index (χ1n) is 8.46. The molecule has 0 aliphatic rings. The van der Waals surface area contributed by atoms with Crippen LogP contribution in [0.5, 0.6) is 0 Å². The molecule has 0 aliphatic carbocycles. The number of hydrogen-bond donors (Lipinski definition) is 2. The third kappa shape index (κ3) is 5.87. The number of nitrogens with zero attached hydrogens (tertiary/aromatic N) is 4. The van der Waals surface area contributed by atoms with Crippen molar-refractivity contribution in [2.75, 3.05) is 10.6 Å². The van der Waals surface area contributed by atoms with E-state index < -0.39 is 5.41 Å². The molecule has 8 heteroatoms. The summed E-state index contributed by atoms with van der Waals surface area (Å²) in [6.07, 6.45) is 5.26. The van der Waals surface area contributed by atoms with Gasteiger partial charge >= 0.3 is 0 Å². The Morgan fingerprint density at radius 1 is 1.08 bits per heavy atom. The van der Waals surface area contributed by atoms with E-state index in [2.05, 4.69) is 31.0 Å². The van der Waals surface area contributed by atoms with Crippen molar-refractivity contribution >= 4 is 23.3 Å². The molecule has 2 aromatic heterocycles. The van der Waals surface area contributed by atoms with E-state index in [0.29, 0.717) is 17.9 Å². The predicted molar refractivity (Wildman–Crippen MR) is 98.4 cm³/mol. The van der Waals surface area contributed by atoms with Crippen LogP contribution in [-0.4, -0.2) is 32.2 Å². The lowest BCUT2D eigenvalue weighted by Gasteiger charge is -2.24. The average Bonchev–Trinajstić information content (AvgIpc) is 2.54. The van der Waals surface area contributed by atoms with Gasteiger partial charge in [0.25, 0.3) is 0 Å². The fourth-order valence-electron chi connectivity index (χ4n) is 2.44. The number of carbonyl (C=O) groups excluding carboxylic acids is 2. The highest BCUT2D eigenvalue weighted by Gasteiger charge is 2.25. The fraction of sp³-hybridized carbons (Fsp3) is 0.444. The normalized spacial score (nSPS) is 11.3. The Balaban J connectivity index is 2.04. The van der Waals surface area contributed by atoms with Gasteiger partial charge in [0, 0.05) is 18.3 Å². The minimum absolute atomic E-state index is 0.104. The number of anilines is 2. The van der Waals surface area contributed by atoms with E-state index in [0.717, 1.165) is 5.56 Å². The summed E-state index contributed by atoms with van der Waals surface area (Å²) in [5.41, 5.74) is 0.920. The fourth-order valence-corrected chi connectivity index (χ4v) is 2.44. The smallest absolute Gasteiger partial charge is 0.225 e. The van der Waals surface area contributed by atoms with Gasteiger partial charge in [-0.15, -0.1) is 5.10 Å². The summed E-state index contributed by atoms with van der Waals surface area (Å²) in [5, 5.41) is 20.9.